The van der Waals surface area contributed by atoms with Gasteiger partial charge in [-0.1, -0.05) is 140 Å². The molecule has 16 rings (SSSR count). The van der Waals surface area contributed by atoms with Crippen molar-refractivity contribution in [2.45, 2.75) is 0 Å². The largest absolute Gasteiger partial charge is 0.456 e. The Bertz CT molecular complexity index is 4880. The molecule has 0 unspecified atom stereocenters. The van der Waals surface area contributed by atoms with Gasteiger partial charge in [0, 0.05) is 76.1 Å². The van der Waals surface area contributed by atoms with Gasteiger partial charge in [0.05, 0.1) is 0 Å². The Labute approximate surface area is 404 Å². The highest BCUT2D eigenvalue weighted by atomic mass is 16.3. The highest BCUT2D eigenvalue weighted by molar-refractivity contribution is 6.20. The molecule has 0 spiro atoms. The number of rotatable bonds is 5. The van der Waals surface area contributed by atoms with Gasteiger partial charge in [-0.05, 0) is 112 Å². The van der Waals surface area contributed by atoms with E-state index in [1.165, 1.54) is 0 Å². The highest BCUT2D eigenvalue weighted by Crippen LogP contribution is 2.48. The maximum atomic E-state index is 7.43. The molecule has 0 fully saturated rings. The minimum absolute atomic E-state index is 0.772. The van der Waals surface area contributed by atoms with Crippen LogP contribution in [-0.4, -0.2) is 0 Å². The average molecular weight is 909 g/mol. The first-order valence-corrected chi connectivity index (χ1v) is 23.9. The summed E-state index contributed by atoms with van der Waals surface area (Å²) in [5.41, 5.74) is 18.6. The second-order valence-electron chi connectivity index (χ2n) is 18.7. The SMILES string of the molecule is c1ccc(-c2ccc3oc4ccc(-c5cc(-c6cccc7c6oc6ccccc67)cc6c5oc5c(-c7cccc8c7oc7ccccc78)cc(-c7ccc8oc9ccccc9c8c7)cc56)cc4c3c2)cc1. The van der Waals surface area contributed by atoms with Gasteiger partial charge >= 0.3 is 0 Å². The zero-order chi connectivity index (χ0) is 46.3. The van der Waals surface area contributed by atoms with Crippen LogP contribution in [0.4, 0.5) is 0 Å². The third kappa shape index (κ3) is 5.69. The van der Waals surface area contributed by atoms with Crippen molar-refractivity contribution >= 4 is 110 Å². The molecule has 0 radical (unpaired) electrons. The number of hydrogen-bond acceptors (Lipinski definition) is 5. The lowest BCUT2D eigenvalue weighted by molar-refractivity contribution is 0.665. The Kier molecular flexibility index (Phi) is 7.82. The summed E-state index contributed by atoms with van der Waals surface area (Å²) in [6, 6.07) is 76.7. The van der Waals surface area contributed by atoms with Gasteiger partial charge in [-0.2, -0.15) is 0 Å². The Morgan fingerprint density at radius 2 is 0.577 bits per heavy atom. The summed E-state index contributed by atoms with van der Waals surface area (Å²) >= 11 is 0. The Balaban J connectivity index is 1.01. The standard InChI is InChI=1S/C66H36O5/c1-2-12-37(13-3-1)38-24-27-61-52(30-38)53-32-40(26-29-62(53)68-61)50-35-42(43-17-10-18-47-44-14-4-8-22-58(44)69-63(43)47)36-56-55-34-41(39-25-28-60-51(31-39)46-16-6-7-21-57(46)67-60)33-54(66(55)71-65(50)56)49-20-11-19-48-45-15-5-9-23-59(45)70-64(48)49/h1-36H. The van der Waals surface area contributed by atoms with Crippen molar-refractivity contribution in [3.8, 4) is 55.6 Å². The van der Waals surface area contributed by atoms with E-state index in [9.17, 15) is 0 Å². The zero-order valence-electron chi connectivity index (χ0n) is 37.8. The molecule has 5 nitrogen and oxygen atoms in total. The van der Waals surface area contributed by atoms with E-state index in [1.54, 1.807) is 0 Å². The van der Waals surface area contributed by atoms with E-state index in [0.717, 1.165) is 165 Å². The predicted molar refractivity (Wildman–Crippen MR) is 290 cm³/mol. The fourth-order valence-corrected chi connectivity index (χ4v) is 11.3. The molecular weight excluding hydrogens is 873 g/mol. The molecule has 0 saturated carbocycles. The summed E-state index contributed by atoms with van der Waals surface area (Å²) in [4.78, 5) is 0. The molecular formula is C66H36O5. The van der Waals surface area contributed by atoms with Crippen molar-refractivity contribution in [3.05, 3.63) is 218 Å². The minimum atomic E-state index is 0.772. The molecule has 16 aromatic rings. The first-order chi connectivity index (χ1) is 35.1. The van der Waals surface area contributed by atoms with Crippen LogP contribution in [-0.2, 0) is 0 Å². The molecule has 11 aromatic carbocycles. The van der Waals surface area contributed by atoms with Gasteiger partial charge in [0.1, 0.15) is 55.8 Å². The number of fused-ring (bicyclic) bond motifs is 15. The van der Waals surface area contributed by atoms with Gasteiger partial charge < -0.3 is 22.1 Å². The third-order valence-electron chi connectivity index (χ3n) is 14.7. The van der Waals surface area contributed by atoms with Crippen LogP contribution in [0, 0.1) is 0 Å². The average Bonchev–Trinajstić information content (AvgIpc) is 4.26. The van der Waals surface area contributed by atoms with Crippen LogP contribution >= 0.6 is 0 Å². The van der Waals surface area contributed by atoms with Crippen LogP contribution in [0.3, 0.4) is 0 Å². The molecule has 71 heavy (non-hydrogen) atoms. The zero-order valence-corrected chi connectivity index (χ0v) is 37.8. The maximum absolute atomic E-state index is 7.43. The molecule has 0 atom stereocenters. The van der Waals surface area contributed by atoms with Crippen LogP contribution in [0.25, 0.3) is 165 Å². The third-order valence-corrected chi connectivity index (χ3v) is 14.7. The quantitative estimate of drug-likeness (QED) is 0.172. The summed E-state index contributed by atoms with van der Waals surface area (Å²) in [7, 11) is 0. The lowest BCUT2D eigenvalue weighted by Gasteiger charge is -2.10. The van der Waals surface area contributed by atoms with E-state index in [4.69, 9.17) is 22.1 Å². The van der Waals surface area contributed by atoms with Crippen molar-refractivity contribution in [2.24, 2.45) is 0 Å². The molecule has 5 aromatic heterocycles. The maximum Gasteiger partial charge on any atom is 0.143 e. The molecule has 0 N–H and O–H groups in total. The van der Waals surface area contributed by atoms with Crippen molar-refractivity contribution in [2.75, 3.05) is 0 Å². The van der Waals surface area contributed by atoms with Gasteiger partial charge in [-0.15, -0.1) is 0 Å². The summed E-state index contributed by atoms with van der Waals surface area (Å²) in [5.74, 6) is 0. The monoisotopic (exact) mass is 908 g/mol. The second kappa shape index (κ2) is 14.5. The molecule has 0 aliphatic rings. The smallest absolute Gasteiger partial charge is 0.143 e. The van der Waals surface area contributed by atoms with E-state index in [0.29, 0.717) is 0 Å². The van der Waals surface area contributed by atoms with E-state index < -0.39 is 0 Å². The highest BCUT2D eigenvalue weighted by Gasteiger charge is 2.24. The van der Waals surface area contributed by atoms with E-state index in [-0.39, 0.29) is 0 Å². The van der Waals surface area contributed by atoms with Crippen LogP contribution in [0.5, 0.6) is 0 Å². The van der Waals surface area contributed by atoms with Gasteiger partial charge in [0.25, 0.3) is 0 Å². The lowest BCUT2D eigenvalue weighted by Crippen LogP contribution is -1.86. The normalized spacial score (nSPS) is 12.2. The summed E-state index contributed by atoms with van der Waals surface area (Å²) in [6.07, 6.45) is 0. The number of hydrogen-bond donors (Lipinski definition) is 0. The number of benzene rings is 11. The summed E-state index contributed by atoms with van der Waals surface area (Å²) < 4.78 is 33.8. The van der Waals surface area contributed by atoms with E-state index in [2.05, 4.69) is 176 Å². The Morgan fingerprint density at radius 1 is 0.169 bits per heavy atom. The molecule has 0 aliphatic heterocycles. The first kappa shape index (κ1) is 38.4. The van der Waals surface area contributed by atoms with E-state index >= 15 is 0 Å². The van der Waals surface area contributed by atoms with Gasteiger partial charge in [-0.25, -0.2) is 0 Å². The van der Waals surface area contributed by atoms with Crippen LogP contribution in [0.15, 0.2) is 240 Å². The Hall–Kier alpha value is -9.58. The lowest BCUT2D eigenvalue weighted by atomic mass is 9.92. The molecule has 0 amide bonds. The Morgan fingerprint density at radius 3 is 1.23 bits per heavy atom. The van der Waals surface area contributed by atoms with Crippen molar-refractivity contribution in [3.63, 3.8) is 0 Å². The van der Waals surface area contributed by atoms with Crippen LogP contribution in [0.2, 0.25) is 0 Å². The van der Waals surface area contributed by atoms with Crippen molar-refractivity contribution in [1.29, 1.82) is 0 Å². The van der Waals surface area contributed by atoms with Crippen molar-refractivity contribution < 1.29 is 22.1 Å². The fourth-order valence-electron chi connectivity index (χ4n) is 11.3. The minimum Gasteiger partial charge on any atom is -0.456 e. The molecule has 0 saturated heterocycles. The molecule has 330 valence electrons. The van der Waals surface area contributed by atoms with E-state index in [1.807, 2.05) is 42.5 Å². The molecule has 0 aliphatic carbocycles. The number of para-hydroxylation sites is 5. The molecule has 5 heterocycles. The van der Waals surface area contributed by atoms with Crippen molar-refractivity contribution in [1.82, 2.24) is 0 Å². The van der Waals surface area contributed by atoms with Gasteiger partial charge in [0.15, 0.2) is 0 Å². The topological polar surface area (TPSA) is 65.7 Å². The number of furan rings is 5. The van der Waals surface area contributed by atoms with Gasteiger partial charge in [0.2, 0.25) is 0 Å². The van der Waals surface area contributed by atoms with Crippen LogP contribution in [0.1, 0.15) is 0 Å². The summed E-state index contributed by atoms with van der Waals surface area (Å²) in [5, 5.41) is 10.5. The summed E-state index contributed by atoms with van der Waals surface area (Å²) in [6.45, 7) is 0. The predicted octanol–water partition coefficient (Wildman–Crippen LogP) is 19.5. The first-order valence-electron chi connectivity index (χ1n) is 23.9. The molecule has 0 bridgehead atoms. The fraction of sp³-hybridized carbons (Fsp3) is 0. The van der Waals surface area contributed by atoms with Gasteiger partial charge in [-0.3, -0.25) is 0 Å². The van der Waals surface area contributed by atoms with Crippen LogP contribution < -0.4 is 0 Å². The second-order valence-corrected chi connectivity index (χ2v) is 18.7. The molecule has 5 heteroatoms.